The molecule has 2 N–H and O–H groups in total. The highest BCUT2D eigenvalue weighted by molar-refractivity contribution is 5.94. The lowest BCUT2D eigenvalue weighted by atomic mass is 10.0. The van der Waals surface area contributed by atoms with Gasteiger partial charge in [-0.3, -0.25) is 14.9 Å². The Balaban J connectivity index is 2.38. The average molecular weight is 266 g/mol. The van der Waals surface area contributed by atoms with E-state index >= 15 is 0 Å². The van der Waals surface area contributed by atoms with Crippen LogP contribution in [0.1, 0.15) is 12.0 Å². The fourth-order valence-electron chi connectivity index (χ4n) is 1.79. The van der Waals surface area contributed by atoms with Crippen LogP contribution in [0.4, 0.5) is 11.4 Å². The molecule has 0 saturated carbocycles. The highest BCUT2D eigenvalue weighted by Crippen LogP contribution is 2.35. The predicted molar refractivity (Wildman–Crippen MR) is 63.2 cm³/mol. The number of nitrogens with one attached hydrogen (secondary N) is 1. The Hall–Kier alpha value is -2.64. The molecule has 1 aliphatic rings. The molecular formula is C11H10N2O6. The number of fused-ring (bicyclic) bond motifs is 1. The molecule has 0 aliphatic carbocycles. The molecule has 0 aromatic heterocycles. The molecular weight excluding hydrogens is 256 g/mol. The van der Waals surface area contributed by atoms with Gasteiger partial charge in [-0.05, 0) is 18.1 Å². The number of nitro benzene ring substituents is 1. The first kappa shape index (κ1) is 12.8. The van der Waals surface area contributed by atoms with Gasteiger partial charge in [0.2, 0.25) is 5.91 Å². The van der Waals surface area contributed by atoms with Crippen LogP contribution in [0.2, 0.25) is 0 Å². The number of hydrogen-bond acceptors (Lipinski definition) is 5. The number of rotatable bonds is 4. The second-order valence-corrected chi connectivity index (χ2v) is 3.96. The molecule has 0 radical (unpaired) electrons. The van der Waals surface area contributed by atoms with Crippen LogP contribution < -0.4 is 10.1 Å². The van der Waals surface area contributed by atoms with Crippen LogP contribution in [0, 0.1) is 10.1 Å². The molecule has 8 nitrogen and oxygen atoms in total. The topological polar surface area (TPSA) is 119 Å². The van der Waals surface area contributed by atoms with Gasteiger partial charge in [0.05, 0.1) is 10.6 Å². The molecule has 0 unspecified atom stereocenters. The van der Waals surface area contributed by atoms with E-state index in [1.165, 1.54) is 12.1 Å². The van der Waals surface area contributed by atoms with Crippen molar-refractivity contribution in [3.8, 4) is 5.75 Å². The molecule has 8 heteroatoms. The summed E-state index contributed by atoms with van der Waals surface area (Å²) in [5.41, 5.74) is 0.679. The summed E-state index contributed by atoms with van der Waals surface area (Å²) in [5.74, 6) is -1.54. The van der Waals surface area contributed by atoms with Crippen molar-refractivity contribution in [3.05, 3.63) is 27.8 Å². The smallest absolute Gasteiger partial charge is 0.341 e. The van der Waals surface area contributed by atoms with Crippen molar-refractivity contribution < 1.29 is 24.4 Å². The molecule has 19 heavy (non-hydrogen) atoms. The summed E-state index contributed by atoms with van der Waals surface area (Å²) in [4.78, 5) is 31.9. The van der Waals surface area contributed by atoms with Crippen LogP contribution in [-0.4, -0.2) is 28.5 Å². The summed E-state index contributed by atoms with van der Waals surface area (Å²) in [7, 11) is 0. The Morgan fingerprint density at radius 2 is 2.21 bits per heavy atom. The predicted octanol–water partition coefficient (Wildman–Crippen LogP) is 0.943. The molecule has 1 heterocycles. The van der Waals surface area contributed by atoms with Gasteiger partial charge in [0.25, 0.3) is 0 Å². The lowest BCUT2D eigenvalue weighted by Gasteiger charge is -2.17. The zero-order valence-corrected chi connectivity index (χ0v) is 9.71. The summed E-state index contributed by atoms with van der Waals surface area (Å²) in [6.07, 6.45) is 0.714. The SMILES string of the molecule is O=C(O)COc1cc2c(cc1[N+](=O)[O-])NC(=O)CC2. The van der Waals surface area contributed by atoms with Crippen molar-refractivity contribution in [1.29, 1.82) is 0 Å². The van der Waals surface area contributed by atoms with Gasteiger partial charge < -0.3 is 15.2 Å². The van der Waals surface area contributed by atoms with Crippen molar-refractivity contribution in [3.63, 3.8) is 0 Å². The number of carbonyl (C=O) groups excluding carboxylic acids is 1. The van der Waals surface area contributed by atoms with E-state index < -0.39 is 17.5 Å². The van der Waals surface area contributed by atoms with Gasteiger partial charge in [-0.15, -0.1) is 0 Å². The lowest BCUT2D eigenvalue weighted by Crippen LogP contribution is -2.19. The maximum atomic E-state index is 11.2. The Labute approximate surface area is 107 Å². The summed E-state index contributed by atoms with van der Waals surface area (Å²) in [6, 6.07) is 2.58. The second kappa shape index (κ2) is 4.92. The third-order valence-electron chi connectivity index (χ3n) is 2.63. The van der Waals surface area contributed by atoms with E-state index in [-0.39, 0.29) is 23.8 Å². The number of ether oxygens (including phenoxy) is 1. The van der Waals surface area contributed by atoms with Crippen molar-refractivity contribution in [1.82, 2.24) is 0 Å². The van der Waals surface area contributed by atoms with Crippen molar-refractivity contribution >= 4 is 23.3 Å². The van der Waals surface area contributed by atoms with Crippen LogP contribution in [0.5, 0.6) is 5.75 Å². The van der Waals surface area contributed by atoms with Crippen LogP contribution in [-0.2, 0) is 16.0 Å². The maximum Gasteiger partial charge on any atom is 0.341 e. The Kier molecular flexibility index (Phi) is 3.32. The third-order valence-corrected chi connectivity index (χ3v) is 2.63. The zero-order valence-electron chi connectivity index (χ0n) is 9.71. The van der Waals surface area contributed by atoms with E-state index in [1.807, 2.05) is 0 Å². The molecule has 0 atom stereocenters. The minimum absolute atomic E-state index is 0.109. The number of anilines is 1. The largest absolute Gasteiger partial charge is 0.479 e. The number of nitro groups is 1. The zero-order chi connectivity index (χ0) is 14.0. The number of hydrogen-bond donors (Lipinski definition) is 2. The van der Waals surface area contributed by atoms with E-state index in [1.54, 1.807) is 0 Å². The van der Waals surface area contributed by atoms with Gasteiger partial charge >= 0.3 is 11.7 Å². The molecule has 1 aromatic carbocycles. The fraction of sp³-hybridized carbons (Fsp3) is 0.273. The summed E-state index contributed by atoms with van der Waals surface area (Å²) in [6.45, 7) is -0.661. The van der Waals surface area contributed by atoms with E-state index in [0.29, 0.717) is 17.7 Å². The molecule has 1 amide bonds. The van der Waals surface area contributed by atoms with Crippen LogP contribution >= 0.6 is 0 Å². The van der Waals surface area contributed by atoms with E-state index in [2.05, 4.69) is 5.32 Å². The number of benzene rings is 1. The van der Waals surface area contributed by atoms with Crippen LogP contribution in [0.25, 0.3) is 0 Å². The van der Waals surface area contributed by atoms with Crippen molar-refractivity contribution in [2.45, 2.75) is 12.8 Å². The summed E-state index contributed by atoms with van der Waals surface area (Å²) < 4.78 is 4.90. The first-order valence-corrected chi connectivity index (χ1v) is 5.43. The molecule has 0 spiro atoms. The van der Waals surface area contributed by atoms with Crippen LogP contribution in [0.15, 0.2) is 12.1 Å². The second-order valence-electron chi connectivity index (χ2n) is 3.96. The summed E-state index contributed by atoms with van der Waals surface area (Å²) in [5, 5.41) is 22.0. The van der Waals surface area contributed by atoms with Gasteiger partial charge in [-0.25, -0.2) is 4.79 Å². The fourth-order valence-corrected chi connectivity index (χ4v) is 1.79. The first-order valence-electron chi connectivity index (χ1n) is 5.43. The Morgan fingerprint density at radius 3 is 2.84 bits per heavy atom. The van der Waals surface area contributed by atoms with E-state index in [9.17, 15) is 19.7 Å². The molecule has 0 saturated heterocycles. The quantitative estimate of drug-likeness (QED) is 0.618. The molecule has 0 bridgehead atoms. The number of carboxylic acid groups (broad SMARTS) is 1. The highest BCUT2D eigenvalue weighted by Gasteiger charge is 2.23. The molecule has 0 fully saturated rings. The molecule has 1 aliphatic heterocycles. The van der Waals surface area contributed by atoms with Crippen molar-refractivity contribution in [2.24, 2.45) is 0 Å². The lowest BCUT2D eigenvalue weighted by molar-refractivity contribution is -0.385. The minimum atomic E-state index is -1.22. The van der Waals surface area contributed by atoms with Gasteiger partial charge in [-0.1, -0.05) is 0 Å². The first-order chi connectivity index (χ1) is 8.97. The summed E-state index contributed by atoms with van der Waals surface area (Å²) >= 11 is 0. The molecule has 1 aromatic rings. The number of carbonyl (C=O) groups is 2. The van der Waals surface area contributed by atoms with Gasteiger partial charge in [0.1, 0.15) is 0 Å². The average Bonchev–Trinajstić information content (AvgIpc) is 2.35. The highest BCUT2D eigenvalue weighted by atomic mass is 16.6. The monoisotopic (exact) mass is 266 g/mol. The maximum absolute atomic E-state index is 11.2. The molecule has 2 rings (SSSR count). The van der Waals surface area contributed by atoms with E-state index in [0.717, 1.165) is 0 Å². The number of aliphatic carboxylic acids is 1. The molecule has 100 valence electrons. The van der Waals surface area contributed by atoms with Gasteiger partial charge in [-0.2, -0.15) is 0 Å². The van der Waals surface area contributed by atoms with Gasteiger partial charge in [0.15, 0.2) is 12.4 Å². The third kappa shape index (κ3) is 2.79. The van der Waals surface area contributed by atoms with Gasteiger partial charge in [0, 0.05) is 12.5 Å². The van der Waals surface area contributed by atoms with Crippen molar-refractivity contribution in [2.75, 3.05) is 11.9 Å². The number of amides is 1. The number of carboxylic acids is 1. The standard InChI is InChI=1S/C11H10N2O6/c14-10-2-1-6-3-9(19-5-11(15)16)8(13(17)18)4-7(6)12-10/h3-4H,1-2,5H2,(H,12,14)(H,15,16). The Bertz CT molecular complexity index is 569. The number of aryl methyl sites for hydroxylation is 1. The minimum Gasteiger partial charge on any atom is -0.479 e. The Morgan fingerprint density at radius 1 is 1.47 bits per heavy atom. The van der Waals surface area contributed by atoms with Crippen LogP contribution in [0.3, 0.4) is 0 Å². The number of nitrogens with zero attached hydrogens (tertiary/aromatic N) is 1. The normalized spacial score (nSPS) is 13.4. The van der Waals surface area contributed by atoms with E-state index in [4.69, 9.17) is 9.84 Å².